The molecular weight excluding hydrogens is 470 g/mol. The smallest absolute Gasteiger partial charge is 0.344 e. The maximum Gasteiger partial charge on any atom is 0.344 e. The fourth-order valence-corrected chi connectivity index (χ4v) is 4.55. The molecule has 2 aromatic heterocycles. The van der Waals surface area contributed by atoms with Gasteiger partial charge in [-0.15, -0.1) is 0 Å². The first-order valence-corrected chi connectivity index (χ1v) is 11.9. The number of fused-ring (bicyclic) bond motifs is 1. The number of hydrogen-bond acceptors (Lipinski definition) is 6. The van der Waals surface area contributed by atoms with E-state index in [1.165, 1.54) is 0 Å². The van der Waals surface area contributed by atoms with Crippen molar-refractivity contribution in [3.8, 4) is 11.3 Å². The monoisotopic (exact) mass is 498 g/mol. The highest BCUT2D eigenvalue weighted by Crippen LogP contribution is 2.36. The first kappa shape index (κ1) is 25.3. The third-order valence-electron chi connectivity index (χ3n) is 6.34. The fraction of sp³-hybridized carbons (Fsp3) is 0.385. The number of H-pyrrole nitrogens is 1. The number of benzene rings is 1. The molecule has 1 fully saturated rings. The molecule has 36 heavy (non-hydrogen) atoms. The van der Waals surface area contributed by atoms with E-state index < -0.39 is 23.2 Å². The zero-order valence-corrected chi connectivity index (χ0v) is 20.2. The van der Waals surface area contributed by atoms with Crippen molar-refractivity contribution >= 4 is 28.6 Å². The number of nitrogens with one attached hydrogen (secondary N) is 1. The molecule has 10 heteroatoms. The Balaban J connectivity index is 2.00. The van der Waals surface area contributed by atoms with E-state index in [-0.39, 0.29) is 55.7 Å². The Labute approximate surface area is 206 Å². The quantitative estimate of drug-likeness (QED) is 0.500. The van der Waals surface area contributed by atoms with Crippen LogP contribution in [-0.4, -0.2) is 47.5 Å². The molecule has 1 aliphatic rings. The van der Waals surface area contributed by atoms with Gasteiger partial charge in [0, 0.05) is 48.1 Å². The molecule has 1 aromatic carbocycles. The van der Waals surface area contributed by atoms with E-state index in [4.69, 9.17) is 15.5 Å². The van der Waals surface area contributed by atoms with E-state index in [1.54, 1.807) is 24.8 Å². The summed E-state index contributed by atoms with van der Waals surface area (Å²) in [4.78, 5) is 47.7. The van der Waals surface area contributed by atoms with Crippen LogP contribution in [0.25, 0.3) is 22.2 Å². The molecule has 190 valence electrons. The van der Waals surface area contributed by atoms with Crippen LogP contribution in [0.1, 0.15) is 47.8 Å². The second kappa shape index (κ2) is 10.0. The molecule has 1 amide bonds. The maximum absolute atomic E-state index is 14.1. The third kappa shape index (κ3) is 5.07. The van der Waals surface area contributed by atoms with Gasteiger partial charge < -0.3 is 20.4 Å². The van der Waals surface area contributed by atoms with Crippen molar-refractivity contribution in [1.29, 1.82) is 0 Å². The molecule has 0 unspecified atom stereocenters. The molecule has 0 spiro atoms. The SMILES string of the molecule is CCOC(=O)c1c(-c2cc3ccccc3nc2N2CCCC(F)(F)CC2)[nH]c(C)c(CC(N)=O)c1=O. The van der Waals surface area contributed by atoms with E-state index in [0.29, 0.717) is 29.1 Å². The van der Waals surface area contributed by atoms with Gasteiger partial charge in [-0.3, -0.25) is 9.59 Å². The molecule has 0 bridgehead atoms. The number of aryl methyl sites for hydroxylation is 1. The largest absolute Gasteiger partial charge is 0.462 e. The Bertz CT molecular complexity index is 1390. The number of pyridine rings is 2. The highest BCUT2D eigenvalue weighted by molar-refractivity contribution is 6.00. The van der Waals surface area contributed by atoms with Crippen molar-refractivity contribution in [3.05, 3.63) is 57.4 Å². The minimum Gasteiger partial charge on any atom is -0.462 e. The standard InChI is InChI=1S/C26H28F2N4O4/c1-3-36-25(35)21-22(30-15(2)17(23(21)34)14-20(29)33)18-13-16-7-4-5-8-19(16)31-24(18)32-11-6-9-26(27,28)10-12-32/h4-5,7-8,13H,3,6,9-12,14H2,1-2H3,(H2,29,33)(H,30,34). The van der Waals surface area contributed by atoms with E-state index in [0.717, 1.165) is 5.39 Å². The zero-order chi connectivity index (χ0) is 26.0. The predicted octanol–water partition coefficient (Wildman–Crippen LogP) is 3.73. The molecule has 8 nitrogen and oxygen atoms in total. The molecule has 3 aromatic rings. The lowest BCUT2D eigenvalue weighted by Crippen LogP contribution is -2.30. The average Bonchev–Trinajstić information content (AvgIpc) is 3.00. The Morgan fingerprint density at radius 2 is 1.97 bits per heavy atom. The lowest BCUT2D eigenvalue weighted by Gasteiger charge is -2.26. The first-order valence-electron chi connectivity index (χ1n) is 11.9. The molecule has 3 N–H and O–H groups in total. The summed E-state index contributed by atoms with van der Waals surface area (Å²) < 4.78 is 33.5. The van der Waals surface area contributed by atoms with Crippen molar-refractivity contribution in [2.75, 3.05) is 24.6 Å². The van der Waals surface area contributed by atoms with E-state index in [2.05, 4.69) is 4.98 Å². The van der Waals surface area contributed by atoms with Gasteiger partial charge in [-0.05, 0) is 32.4 Å². The topological polar surface area (TPSA) is 118 Å². The minimum absolute atomic E-state index is 0.0285. The molecular formula is C26H28F2N4O4. The summed E-state index contributed by atoms with van der Waals surface area (Å²) >= 11 is 0. The molecule has 1 saturated heterocycles. The normalized spacial score (nSPS) is 15.5. The van der Waals surface area contributed by atoms with Crippen molar-refractivity contribution in [2.45, 2.75) is 45.5 Å². The van der Waals surface area contributed by atoms with Gasteiger partial charge in [-0.1, -0.05) is 18.2 Å². The van der Waals surface area contributed by atoms with E-state index >= 15 is 0 Å². The lowest BCUT2D eigenvalue weighted by atomic mass is 9.98. The van der Waals surface area contributed by atoms with Gasteiger partial charge in [0.2, 0.25) is 17.3 Å². The van der Waals surface area contributed by atoms with Crippen LogP contribution in [-0.2, 0) is 16.0 Å². The van der Waals surface area contributed by atoms with Crippen molar-refractivity contribution in [1.82, 2.24) is 9.97 Å². The highest BCUT2D eigenvalue weighted by atomic mass is 19.3. The number of nitrogens with zero attached hydrogens (tertiary/aromatic N) is 2. The number of ether oxygens (including phenoxy) is 1. The summed E-state index contributed by atoms with van der Waals surface area (Å²) in [6.07, 6.45) is -0.645. The first-order chi connectivity index (χ1) is 17.1. The third-order valence-corrected chi connectivity index (χ3v) is 6.34. The number of alkyl halides is 2. The average molecular weight is 499 g/mol. The van der Waals surface area contributed by atoms with Crippen LogP contribution in [0.5, 0.6) is 0 Å². The van der Waals surface area contributed by atoms with Crippen molar-refractivity contribution in [3.63, 3.8) is 0 Å². The van der Waals surface area contributed by atoms with Gasteiger partial charge in [-0.25, -0.2) is 18.6 Å². The molecule has 0 radical (unpaired) electrons. The Kier molecular flexibility index (Phi) is 7.05. The van der Waals surface area contributed by atoms with Gasteiger partial charge in [0.1, 0.15) is 11.4 Å². The fourth-order valence-electron chi connectivity index (χ4n) is 4.55. The number of hydrogen-bond donors (Lipinski definition) is 2. The minimum atomic E-state index is -2.77. The van der Waals surface area contributed by atoms with Gasteiger partial charge in [0.25, 0.3) is 0 Å². The summed E-state index contributed by atoms with van der Waals surface area (Å²) in [6, 6.07) is 9.08. The van der Waals surface area contributed by atoms with Crippen LogP contribution in [0.4, 0.5) is 14.6 Å². The number of nitrogens with two attached hydrogens (primary N) is 1. The van der Waals surface area contributed by atoms with Crippen LogP contribution >= 0.6 is 0 Å². The van der Waals surface area contributed by atoms with Gasteiger partial charge in [0.05, 0.1) is 24.2 Å². The summed E-state index contributed by atoms with van der Waals surface area (Å²) in [7, 11) is 0. The zero-order valence-electron chi connectivity index (χ0n) is 20.2. The van der Waals surface area contributed by atoms with Crippen LogP contribution in [0, 0.1) is 6.92 Å². The Morgan fingerprint density at radius 1 is 1.22 bits per heavy atom. The van der Waals surface area contributed by atoms with Crippen LogP contribution in [0.2, 0.25) is 0 Å². The summed E-state index contributed by atoms with van der Waals surface area (Å²) in [5.74, 6) is -3.97. The van der Waals surface area contributed by atoms with Gasteiger partial charge >= 0.3 is 5.97 Å². The van der Waals surface area contributed by atoms with Gasteiger partial charge in [0.15, 0.2) is 0 Å². The number of aromatic nitrogens is 2. The number of rotatable bonds is 6. The number of primary amides is 1. The number of aromatic amines is 1. The number of halogens is 2. The predicted molar refractivity (Wildman–Crippen MR) is 132 cm³/mol. The maximum atomic E-state index is 14.1. The Hall–Kier alpha value is -3.82. The summed E-state index contributed by atoms with van der Waals surface area (Å²) in [5, 5.41) is 0.742. The van der Waals surface area contributed by atoms with Gasteiger partial charge in [-0.2, -0.15) is 0 Å². The molecule has 0 atom stereocenters. The lowest BCUT2D eigenvalue weighted by molar-refractivity contribution is -0.117. The van der Waals surface area contributed by atoms with Crippen LogP contribution in [0.15, 0.2) is 35.1 Å². The molecule has 1 aliphatic heterocycles. The molecule has 4 rings (SSSR count). The molecule has 0 aliphatic carbocycles. The van der Waals surface area contributed by atoms with Crippen molar-refractivity contribution in [2.24, 2.45) is 5.73 Å². The Morgan fingerprint density at radius 3 is 2.69 bits per heavy atom. The number of carbonyl (C=O) groups is 2. The number of anilines is 1. The number of esters is 1. The summed E-state index contributed by atoms with van der Waals surface area (Å²) in [6.45, 7) is 3.65. The van der Waals surface area contributed by atoms with Crippen LogP contribution in [0.3, 0.4) is 0 Å². The van der Waals surface area contributed by atoms with Crippen LogP contribution < -0.4 is 16.1 Å². The number of amides is 1. The second-order valence-electron chi connectivity index (χ2n) is 8.92. The van der Waals surface area contributed by atoms with E-state index in [1.807, 2.05) is 24.3 Å². The number of carbonyl (C=O) groups excluding carboxylic acids is 2. The van der Waals surface area contributed by atoms with Crippen molar-refractivity contribution < 1.29 is 23.1 Å². The molecule has 0 saturated carbocycles. The summed E-state index contributed by atoms with van der Waals surface area (Å²) in [5.41, 5.74) is 6.03. The van der Waals surface area contributed by atoms with E-state index in [9.17, 15) is 23.2 Å². The second-order valence-corrected chi connectivity index (χ2v) is 8.92. The highest BCUT2D eigenvalue weighted by Gasteiger charge is 2.34. The molecule has 3 heterocycles. The number of para-hydroxylation sites is 1.